The van der Waals surface area contributed by atoms with Gasteiger partial charge in [0.25, 0.3) is 0 Å². The molecule has 27 heavy (non-hydrogen) atoms. The predicted octanol–water partition coefficient (Wildman–Crippen LogP) is 3.09. The maximum atomic E-state index is 4.76. The maximum absolute atomic E-state index is 4.76. The van der Waals surface area contributed by atoms with Gasteiger partial charge in [-0.25, -0.2) is 4.98 Å². The Kier molecular flexibility index (Phi) is 4.04. The fourth-order valence-corrected chi connectivity index (χ4v) is 5.09. The van der Waals surface area contributed by atoms with E-state index >= 15 is 0 Å². The van der Waals surface area contributed by atoms with E-state index in [0.29, 0.717) is 12.0 Å². The van der Waals surface area contributed by atoms with Gasteiger partial charge in [-0.2, -0.15) is 5.10 Å². The van der Waals surface area contributed by atoms with Crippen LogP contribution in [0.15, 0.2) is 36.3 Å². The molecule has 0 saturated heterocycles. The minimum absolute atomic E-state index is 0.515. The Labute approximate surface area is 160 Å². The highest BCUT2D eigenvalue weighted by Gasteiger charge is 2.51. The van der Waals surface area contributed by atoms with Crippen molar-refractivity contribution in [2.45, 2.75) is 46.3 Å². The monoisotopic (exact) mass is 364 g/mol. The molecule has 2 aromatic rings. The van der Waals surface area contributed by atoms with Crippen molar-refractivity contribution in [1.29, 1.82) is 0 Å². The third-order valence-electron chi connectivity index (χ3n) is 6.93. The van der Waals surface area contributed by atoms with Crippen molar-refractivity contribution in [3.8, 4) is 0 Å². The number of nitrogens with zero attached hydrogens (tertiary/aromatic N) is 5. The fourth-order valence-electron chi connectivity index (χ4n) is 5.09. The van der Waals surface area contributed by atoms with Crippen LogP contribution in [-0.2, 0) is 19.6 Å². The molecule has 6 rings (SSSR count). The van der Waals surface area contributed by atoms with Gasteiger partial charge in [0, 0.05) is 32.0 Å². The zero-order valence-corrected chi connectivity index (χ0v) is 16.2. The summed E-state index contributed by atoms with van der Waals surface area (Å²) in [6, 6.07) is 2.23. The lowest BCUT2D eigenvalue weighted by Crippen LogP contribution is -2.50. The summed E-state index contributed by atoms with van der Waals surface area (Å²) in [7, 11) is 0. The fraction of sp³-hybridized carbons (Fsp3) is 0.571. The zero-order valence-electron chi connectivity index (χ0n) is 16.2. The highest BCUT2D eigenvalue weighted by molar-refractivity contribution is 5.31. The van der Waals surface area contributed by atoms with Gasteiger partial charge in [-0.15, -0.1) is 0 Å². The van der Waals surface area contributed by atoms with Gasteiger partial charge < -0.3 is 5.32 Å². The molecule has 2 atom stereocenters. The van der Waals surface area contributed by atoms with Gasteiger partial charge in [-0.1, -0.05) is 25.5 Å². The molecule has 0 spiro atoms. The molecule has 2 aromatic heterocycles. The van der Waals surface area contributed by atoms with Crippen LogP contribution in [0, 0.1) is 17.3 Å². The lowest BCUT2D eigenvalue weighted by Gasteiger charge is -2.57. The van der Waals surface area contributed by atoms with Crippen molar-refractivity contribution in [1.82, 2.24) is 24.6 Å². The van der Waals surface area contributed by atoms with Crippen molar-refractivity contribution >= 4 is 5.82 Å². The zero-order chi connectivity index (χ0) is 18.4. The van der Waals surface area contributed by atoms with Gasteiger partial charge in [-0.05, 0) is 36.2 Å². The molecule has 6 heteroatoms. The van der Waals surface area contributed by atoms with Crippen LogP contribution in [0.1, 0.15) is 38.1 Å². The van der Waals surface area contributed by atoms with E-state index in [4.69, 9.17) is 5.10 Å². The molecule has 0 unspecified atom stereocenters. The normalized spacial score (nSPS) is 26.1. The van der Waals surface area contributed by atoms with Gasteiger partial charge in [0.1, 0.15) is 5.82 Å². The Morgan fingerprint density at radius 2 is 2.19 bits per heavy atom. The van der Waals surface area contributed by atoms with Gasteiger partial charge in [0.15, 0.2) is 0 Å². The van der Waals surface area contributed by atoms with Crippen molar-refractivity contribution in [2.24, 2.45) is 17.3 Å². The van der Waals surface area contributed by atoms with Gasteiger partial charge in [0.05, 0.1) is 30.7 Å². The predicted molar refractivity (Wildman–Crippen MR) is 105 cm³/mol. The molecule has 3 heterocycles. The molecular formula is C21H28N6. The number of nitrogens with one attached hydrogen (secondary N) is 1. The summed E-state index contributed by atoms with van der Waals surface area (Å²) in [5.41, 5.74) is 4.58. The summed E-state index contributed by atoms with van der Waals surface area (Å²) < 4.78 is 2.17. The molecule has 6 nitrogen and oxygen atoms in total. The first-order valence-electron chi connectivity index (χ1n) is 10.1. The van der Waals surface area contributed by atoms with E-state index in [1.54, 1.807) is 24.2 Å². The van der Waals surface area contributed by atoms with E-state index in [-0.39, 0.29) is 0 Å². The third kappa shape index (κ3) is 3.06. The van der Waals surface area contributed by atoms with Crippen LogP contribution in [0.3, 0.4) is 0 Å². The van der Waals surface area contributed by atoms with E-state index in [0.717, 1.165) is 49.5 Å². The standard InChI is InChI=1S/C21H28N6/c1-21(2)16-4-3-15(19(21)9-16)13-26-7-8-27-18(14-26)10-17(25-27)11-24-20-12-22-5-6-23-20/h3,5-6,10,12,16,19H,4,7-9,11,13-14H2,1-2H3,(H,23,24)/t16-,19-/m0/s1. The van der Waals surface area contributed by atoms with Gasteiger partial charge in [-0.3, -0.25) is 14.6 Å². The Balaban J connectivity index is 1.21. The van der Waals surface area contributed by atoms with Crippen molar-refractivity contribution in [3.05, 3.63) is 47.7 Å². The molecule has 0 amide bonds. The number of allylic oxidation sites excluding steroid dienone is 1. The topological polar surface area (TPSA) is 58.9 Å². The minimum atomic E-state index is 0.515. The summed E-state index contributed by atoms with van der Waals surface area (Å²) >= 11 is 0. The number of hydrogen-bond donors (Lipinski definition) is 1. The summed E-state index contributed by atoms with van der Waals surface area (Å²) in [5.74, 6) is 2.50. The average Bonchev–Trinajstić information content (AvgIpc) is 3.09. The van der Waals surface area contributed by atoms with Gasteiger partial charge in [0.2, 0.25) is 0 Å². The Morgan fingerprint density at radius 3 is 2.96 bits per heavy atom. The number of anilines is 1. The number of aromatic nitrogens is 4. The van der Waals surface area contributed by atoms with Crippen LogP contribution >= 0.6 is 0 Å². The smallest absolute Gasteiger partial charge is 0.144 e. The summed E-state index contributed by atoms with van der Waals surface area (Å²) in [5, 5.41) is 8.05. The summed E-state index contributed by atoms with van der Waals surface area (Å²) in [6.07, 6.45) is 10.3. The second-order valence-electron chi connectivity index (χ2n) is 8.83. The van der Waals surface area contributed by atoms with Crippen molar-refractivity contribution in [3.63, 3.8) is 0 Å². The number of rotatable bonds is 5. The lowest BCUT2D eigenvalue weighted by molar-refractivity contribution is -0.0114. The molecule has 4 aliphatic rings. The average molecular weight is 364 g/mol. The second-order valence-corrected chi connectivity index (χ2v) is 8.83. The van der Waals surface area contributed by atoms with Crippen LogP contribution in [0.2, 0.25) is 0 Å². The van der Waals surface area contributed by atoms with Crippen LogP contribution in [0.5, 0.6) is 0 Å². The number of fused-ring (bicyclic) bond motifs is 2. The molecule has 1 saturated carbocycles. The summed E-state index contributed by atoms with van der Waals surface area (Å²) in [4.78, 5) is 10.9. The summed E-state index contributed by atoms with van der Waals surface area (Å²) in [6.45, 7) is 9.78. The molecule has 2 bridgehead atoms. The lowest BCUT2D eigenvalue weighted by atomic mass is 9.49. The van der Waals surface area contributed by atoms with Gasteiger partial charge >= 0.3 is 0 Å². The minimum Gasteiger partial charge on any atom is -0.363 e. The molecule has 3 aliphatic carbocycles. The van der Waals surface area contributed by atoms with E-state index in [1.807, 2.05) is 0 Å². The first-order chi connectivity index (χ1) is 13.1. The molecule has 1 fully saturated rings. The van der Waals surface area contributed by atoms with Crippen LogP contribution in [-0.4, -0.2) is 37.7 Å². The highest BCUT2D eigenvalue weighted by Crippen LogP contribution is 2.59. The Hall–Kier alpha value is -2.21. The van der Waals surface area contributed by atoms with Crippen LogP contribution in [0.25, 0.3) is 0 Å². The van der Waals surface area contributed by atoms with Crippen LogP contribution in [0.4, 0.5) is 5.82 Å². The largest absolute Gasteiger partial charge is 0.363 e. The Bertz CT molecular complexity index is 853. The molecule has 1 aliphatic heterocycles. The van der Waals surface area contributed by atoms with E-state index in [2.05, 4.69) is 50.9 Å². The molecule has 142 valence electrons. The van der Waals surface area contributed by atoms with Crippen molar-refractivity contribution < 1.29 is 0 Å². The molecule has 0 radical (unpaired) electrons. The first-order valence-corrected chi connectivity index (χ1v) is 10.1. The van der Waals surface area contributed by atoms with E-state index in [1.165, 1.54) is 18.5 Å². The first kappa shape index (κ1) is 16.9. The second kappa shape index (κ2) is 6.44. The van der Waals surface area contributed by atoms with Crippen LogP contribution < -0.4 is 5.32 Å². The quantitative estimate of drug-likeness (QED) is 0.826. The molecule has 1 N–H and O–H groups in total. The highest BCUT2D eigenvalue weighted by atomic mass is 15.3. The van der Waals surface area contributed by atoms with E-state index in [9.17, 15) is 0 Å². The van der Waals surface area contributed by atoms with E-state index < -0.39 is 0 Å². The number of hydrogen-bond acceptors (Lipinski definition) is 5. The molecule has 0 aromatic carbocycles. The third-order valence-corrected chi connectivity index (χ3v) is 6.93. The van der Waals surface area contributed by atoms with Crippen molar-refractivity contribution in [2.75, 3.05) is 18.4 Å². The SMILES string of the molecule is CC1(C)[C@H]2CC=C(CN3CCn4nc(CNc5cnccn5)cc4C3)[C@@H]1C2. The maximum Gasteiger partial charge on any atom is 0.144 e. The Morgan fingerprint density at radius 1 is 1.26 bits per heavy atom. The molecular weight excluding hydrogens is 336 g/mol.